The summed E-state index contributed by atoms with van der Waals surface area (Å²) in [4.78, 5) is 16.4. The third-order valence-corrected chi connectivity index (χ3v) is 4.42. The number of benzene rings is 2. The Balaban J connectivity index is 1.95. The lowest BCUT2D eigenvalue weighted by Gasteiger charge is -2.11. The molecule has 0 fully saturated rings. The minimum Gasteiger partial charge on any atom is -0.494 e. The van der Waals surface area contributed by atoms with E-state index in [1.54, 1.807) is 31.4 Å². The molecule has 1 aromatic heterocycles. The van der Waals surface area contributed by atoms with Crippen LogP contribution in [0.5, 0.6) is 11.5 Å². The molecule has 0 atom stereocenters. The van der Waals surface area contributed by atoms with Crippen molar-refractivity contribution in [2.75, 3.05) is 13.7 Å². The third kappa shape index (κ3) is 4.19. The molecule has 0 bridgehead atoms. The average molecular weight is 365 g/mol. The summed E-state index contributed by atoms with van der Waals surface area (Å²) in [5, 5.41) is 10.2. The summed E-state index contributed by atoms with van der Waals surface area (Å²) in [6, 6.07) is 14.4. The third-order valence-electron chi connectivity index (χ3n) is 4.42. The SMILES string of the molecule is CCCCCOc1ccc(-c2cc(C(=O)O)c3cccc(OC)c3n2)cc1. The summed E-state index contributed by atoms with van der Waals surface area (Å²) in [7, 11) is 1.55. The molecule has 1 heterocycles. The van der Waals surface area contributed by atoms with Gasteiger partial charge < -0.3 is 14.6 Å². The Labute approximate surface area is 158 Å². The molecule has 3 rings (SSSR count). The van der Waals surface area contributed by atoms with E-state index in [0.717, 1.165) is 30.6 Å². The van der Waals surface area contributed by atoms with Crippen LogP contribution in [-0.2, 0) is 0 Å². The first-order valence-corrected chi connectivity index (χ1v) is 9.08. The normalized spacial score (nSPS) is 10.7. The van der Waals surface area contributed by atoms with Crippen LogP contribution in [0.4, 0.5) is 0 Å². The van der Waals surface area contributed by atoms with E-state index in [9.17, 15) is 9.90 Å². The van der Waals surface area contributed by atoms with Gasteiger partial charge in [0.05, 0.1) is 25.0 Å². The van der Waals surface area contributed by atoms with Crippen molar-refractivity contribution in [3.8, 4) is 22.8 Å². The Hall–Kier alpha value is -3.08. The highest BCUT2D eigenvalue weighted by Gasteiger charge is 2.15. The number of carbonyl (C=O) groups is 1. The molecule has 1 N–H and O–H groups in total. The predicted octanol–water partition coefficient (Wildman–Crippen LogP) is 5.18. The van der Waals surface area contributed by atoms with Gasteiger partial charge in [-0.05, 0) is 42.8 Å². The number of pyridine rings is 1. The molecule has 3 aromatic rings. The largest absolute Gasteiger partial charge is 0.494 e. The average Bonchev–Trinajstić information content (AvgIpc) is 2.70. The number of fused-ring (bicyclic) bond motifs is 1. The van der Waals surface area contributed by atoms with Gasteiger partial charge in [0.25, 0.3) is 0 Å². The van der Waals surface area contributed by atoms with E-state index in [1.807, 2.05) is 24.3 Å². The maximum absolute atomic E-state index is 11.7. The second kappa shape index (κ2) is 8.54. The molecule has 0 aliphatic rings. The van der Waals surface area contributed by atoms with Crippen molar-refractivity contribution in [1.29, 1.82) is 0 Å². The van der Waals surface area contributed by atoms with Crippen molar-refractivity contribution in [1.82, 2.24) is 4.98 Å². The molecule has 0 unspecified atom stereocenters. The maximum atomic E-state index is 11.7. The molecule has 0 aliphatic carbocycles. The summed E-state index contributed by atoms with van der Waals surface area (Å²) < 4.78 is 11.1. The number of nitrogens with zero attached hydrogens (tertiary/aromatic N) is 1. The standard InChI is InChI=1S/C22H23NO4/c1-3-4-5-13-27-16-11-9-15(10-12-16)19-14-18(22(24)25)17-7-6-8-20(26-2)21(17)23-19/h6-12,14H,3-5,13H2,1-2H3,(H,24,25). The summed E-state index contributed by atoms with van der Waals surface area (Å²) in [6.45, 7) is 2.85. The number of hydrogen-bond acceptors (Lipinski definition) is 4. The minimum absolute atomic E-state index is 0.203. The number of carboxylic acids is 1. The Morgan fingerprint density at radius 3 is 2.56 bits per heavy atom. The Morgan fingerprint density at radius 1 is 1.11 bits per heavy atom. The molecule has 27 heavy (non-hydrogen) atoms. The topological polar surface area (TPSA) is 68.7 Å². The van der Waals surface area contributed by atoms with Crippen LogP contribution in [0.15, 0.2) is 48.5 Å². The zero-order chi connectivity index (χ0) is 19.2. The number of hydrogen-bond donors (Lipinski definition) is 1. The van der Waals surface area contributed by atoms with Crippen molar-refractivity contribution >= 4 is 16.9 Å². The van der Waals surface area contributed by atoms with Crippen molar-refractivity contribution in [2.45, 2.75) is 26.2 Å². The Bertz CT molecular complexity index is 935. The number of ether oxygens (including phenoxy) is 2. The molecule has 0 amide bonds. The molecule has 5 nitrogen and oxygen atoms in total. The fourth-order valence-corrected chi connectivity index (χ4v) is 2.98. The van der Waals surface area contributed by atoms with Gasteiger partial charge in [0.15, 0.2) is 0 Å². The molecule has 0 aliphatic heterocycles. The summed E-state index contributed by atoms with van der Waals surface area (Å²) in [5.74, 6) is 0.354. The molecule has 0 radical (unpaired) electrons. The Morgan fingerprint density at radius 2 is 1.89 bits per heavy atom. The van der Waals surface area contributed by atoms with Crippen LogP contribution >= 0.6 is 0 Å². The van der Waals surface area contributed by atoms with E-state index in [4.69, 9.17) is 9.47 Å². The number of para-hydroxylation sites is 1. The van der Waals surface area contributed by atoms with Gasteiger partial charge >= 0.3 is 5.97 Å². The van der Waals surface area contributed by atoms with E-state index in [1.165, 1.54) is 0 Å². The van der Waals surface area contributed by atoms with Crippen LogP contribution in [0.25, 0.3) is 22.2 Å². The van der Waals surface area contributed by atoms with E-state index < -0.39 is 5.97 Å². The lowest BCUT2D eigenvalue weighted by molar-refractivity contribution is 0.0699. The highest BCUT2D eigenvalue weighted by molar-refractivity contribution is 6.05. The van der Waals surface area contributed by atoms with Crippen LogP contribution in [0.3, 0.4) is 0 Å². The second-order valence-electron chi connectivity index (χ2n) is 6.30. The second-order valence-corrected chi connectivity index (χ2v) is 6.30. The molecule has 0 spiro atoms. The fraction of sp³-hybridized carbons (Fsp3) is 0.273. The van der Waals surface area contributed by atoms with Gasteiger partial charge in [0, 0.05) is 10.9 Å². The lowest BCUT2D eigenvalue weighted by Crippen LogP contribution is -2.01. The first kappa shape index (κ1) is 18.7. The zero-order valence-electron chi connectivity index (χ0n) is 15.6. The first-order valence-electron chi connectivity index (χ1n) is 9.08. The minimum atomic E-state index is -0.993. The van der Waals surface area contributed by atoms with Gasteiger partial charge in [0.2, 0.25) is 0 Å². The lowest BCUT2D eigenvalue weighted by atomic mass is 10.0. The number of carboxylic acid groups (broad SMARTS) is 1. The van der Waals surface area contributed by atoms with E-state index in [0.29, 0.717) is 29.0 Å². The fourth-order valence-electron chi connectivity index (χ4n) is 2.98. The van der Waals surface area contributed by atoms with Crippen LogP contribution in [0.1, 0.15) is 36.5 Å². The van der Waals surface area contributed by atoms with Gasteiger partial charge in [0.1, 0.15) is 17.0 Å². The molecule has 0 saturated heterocycles. The van der Waals surface area contributed by atoms with Crippen molar-refractivity contribution in [3.05, 3.63) is 54.1 Å². The van der Waals surface area contributed by atoms with Gasteiger partial charge in [-0.25, -0.2) is 9.78 Å². The Kier molecular flexibility index (Phi) is 5.91. The summed E-state index contributed by atoms with van der Waals surface area (Å²) >= 11 is 0. The molecule has 5 heteroatoms. The summed E-state index contributed by atoms with van der Waals surface area (Å²) in [6.07, 6.45) is 3.34. The van der Waals surface area contributed by atoms with Crippen LogP contribution < -0.4 is 9.47 Å². The van der Waals surface area contributed by atoms with E-state index in [-0.39, 0.29) is 5.56 Å². The molecular formula is C22H23NO4. The van der Waals surface area contributed by atoms with Crippen molar-refractivity contribution in [3.63, 3.8) is 0 Å². The predicted molar refractivity (Wildman–Crippen MR) is 106 cm³/mol. The smallest absolute Gasteiger partial charge is 0.336 e. The maximum Gasteiger partial charge on any atom is 0.336 e. The highest BCUT2D eigenvalue weighted by atomic mass is 16.5. The van der Waals surface area contributed by atoms with Crippen LogP contribution in [-0.4, -0.2) is 29.8 Å². The first-order chi connectivity index (χ1) is 13.1. The summed E-state index contributed by atoms with van der Waals surface area (Å²) in [5.41, 5.74) is 2.15. The van der Waals surface area contributed by atoms with Crippen LogP contribution in [0.2, 0.25) is 0 Å². The van der Waals surface area contributed by atoms with Gasteiger partial charge in [-0.3, -0.25) is 0 Å². The van der Waals surface area contributed by atoms with Gasteiger partial charge in [-0.2, -0.15) is 0 Å². The highest BCUT2D eigenvalue weighted by Crippen LogP contribution is 2.31. The van der Waals surface area contributed by atoms with Crippen LogP contribution in [0, 0.1) is 0 Å². The molecule has 140 valence electrons. The molecular weight excluding hydrogens is 342 g/mol. The number of unbranched alkanes of at least 4 members (excludes halogenated alkanes) is 2. The van der Waals surface area contributed by atoms with Crippen molar-refractivity contribution < 1.29 is 19.4 Å². The quantitative estimate of drug-likeness (QED) is 0.557. The number of methoxy groups -OCH3 is 1. The monoisotopic (exact) mass is 365 g/mol. The zero-order valence-corrected chi connectivity index (χ0v) is 15.6. The number of aromatic carboxylic acids is 1. The van der Waals surface area contributed by atoms with E-state index >= 15 is 0 Å². The molecule has 2 aromatic carbocycles. The van der Waals surface area contributed by atoms with Gasteiger partial charge in [-0.1, -0.05) is 31.9 Å². The van der Waals surface area contributed by atoms with Crippen molar-refractivity contribution in [2.24, 2.45) is 0 Å². The molecule has 0 saturated carbocycles. The number of rotatable bonds is 8. The van der Waals surface area contributed by atoms with E-state index in [2.05, 4.69) is 11.9 Å². The number of aromatic nitrogens is 1. The van der Waals surface area contributed by atoms with Gasteiger partial charge in [-0.15, -0.1) is 0 Å².